The highest BCUT2D eigenvalue weighted by Gasteiger charge is 2.15. The smallest absolute Gasteiger partial charge is 0.320 e. The molecule has 0 aliphatic carbocycles. The van der Waals surface area contributed by atoms with Crippen LogP contribution in [0.3, 0.4) is 0 Å². The predicted octanol–water partition coefficient (Wildman–Crippen LogP) is 4.13. The zero-order chi connectivity index (χ0) is 22.0. The Kier molecular flexibility index (Phi) is 5.88. The van der Waals surface area contributed by atoms with Gasteiger partial charge in [0.2, 0.25) is 0 Å². The summed E-state index contributed by atoms with van der Waals surface area (Å²) < 4.78 is 18.4. The van der Waals surface area contributed by atoms with Crippen LogP contribution in [0.25, 0.3) is 21.1 Å². The summed E-state index contributed by atoms with van der Waals surface area (Å²) in [6.45, 7) is 2.11. The average molecular weight is 439 g/mol. The van der Waals surface area contributed by atoms with Crippen LogP contribution in [0.15, 0.2) is 42.6 Å². The highest BCUT2D eigenvalue weighted by atomic mass is 32.1. The first-order valence-corrected chi connectivity index (χ1v) is 10.4. The standard InChI is InChI=1S/C22H21N3O5S/c1-12-25-17-9-13(3-4-21(17)31-12)30-18-5-7-24-16-11-20(19(28-2)10-14(16)18)29-8-6-15(23)22(26)27/h3-5,7,9-11,15H,6,8,23H2,1-2H3,(H,26,27)/t15-/m0/s1. The van der Waals surface area contributed by atoms with Crippen molar-refractivity contribution in [3.63, 3.8) is 0 Å². The number of carboxylic acid groups (broad SMARTS) is 1. The van der Waals surface area contributed by atoms with Gasteiger partial charge in [0.15, 0.2) is 11.5 Å². The second kappa shape index (κ2) is 8.75. The van der Waals surface area contributed by atoms with Crippen LogP contribution in [0.5, 0.6) is 23.0 Å². The Morgan fingerprint density at radius 1 is 1.16 bits per heavy atom. The molecule has 3 N–H and O–H groups in total. The monoisotopic (exact) mass is 439 g/mol. The highest BCUT2D eigenvalue weighted by molar-refractivity contribution is 7.18. The summed E-state index contributed by atoms with van der Waals surface area (Å²) in [5.41, 5.74) is 7.08. The molecule has 0 spiro atoms. The van der Waals surface area contributed by atoms with Crippen LogP contribution in [0.2, 0.25) is 0 Å². The van der Waals surface area contributed by atoms with Crippen LogP contribution < -0.4 is 19.9 Å². The number of hydrogen-bond acceptors (Lipinski definition) is 8. The van der Waals surface area contributed by atoms with Gasteiger partial charge in [-0.25, -0.2) is 4.98 Å². The van der Waals surface area contributed by atoms with Gasteiger partial charge in [-0.2, -0.15) is 0 Å². The number of benzene rings is 2. The number of pyridine rings is 1. The van der Waals surface area contributed by atoms with Crippen molar-refractivity contribution in [1.29, 1.82) is 0 Å². The Bertz CT molecular complexity index is 1260. The fourth-order valence-electron chi connectivity index (χ4n) is 3.12. The third kappa shape index (κ3) is 4.52. The lowest BCUT2D eigenvalue weighted by Gasteiger charge is -2.14. The molecule has 2 heterocycles. The van der Waals surface area contributed by atoms with Crippen molar-refractivity contribution in [1.82, 2.24) is 9.97 Å². The molecule has 2 aromatic carbocycles. The number of rotatable bonds is 8. The number of hydrogen-bond donors (Lipinski definition) is 2. The van der Waals surface area contributed by atoms with Gasteiger partial charge >= 0.3 is 5.97 Å². The van der Waals surface area contributed by atoms with E-state index in [1.54, 1.807) is 35.7 Å². The van der Waals surface area contributed by atoms with Crippen LogP contribution in [0.1, 0.15) is 11.4 Å². The van der Waals surface area contributed by atoms with Gasteiger partial charge in [-0.05, 0) is 31.2 Å². The van der Waals surface area contributed by atoms with Crippen molar-refractivity contribution in [2.45, 2.75) is 19.4 Å². The molecule has 0 radical (unpaired) electrons. The first-order valence-electron chi connectivity index (χ1n) is 9.57. The average Bonchev–Trinajstić information content (AvgIpc) is 3.12. The summed E-state index contributed by atoms with van der Waals surface area (Å²) in [7, 11) is 1.53. The molecule has 0 aliphatic heterocycles. The molecule has 8 nitrogen and oxygen atoms in total. The minimum Gasteiger partial charge on any atom is -0.493 e. The Morgan fingerprint density at radius 2 is 2.00 bits per heavy atom. The second-order valence-electron chi connectivity index (χ2n) is 6.88. The molecular formula is C22H21N3O5S. The van der Waals surface area contributed by atoms with Gasteiger partial charge in [0.25, 0.3) is 0 Å². The Balaban J connectivity index is 1.61. The topological polar surface area (TPSA) is 117 Å². The van der Waals surface area contributed by atoms with E-state index >= 15 is 0 Å². The van der Waals surface area contributed by atoms with E-state index in [9.17, 15) is 4.79 Å². The van der Waals surface area contributed by atoms with Crippen LogP contribution >= 0.6 is 11.3 Å². The Labute approximate surface area is 182 Å². The first kappa shape index (κ1) is 20.8. The summed E-state index contributed by atoms with van der Waals surface area (Å²) in [5.74, 6) is 1.17. The number of methoxy groups -OCH3 is 1. The Morgan fingerprint density at radius 3 is 2.77 bits per heavy atom. The zero-order valence-corrected chi connectivity index (χ0v) is 17.8. The van der Waals surface area contributed by atoms with Crippen molar-refractivity contribution >= 4 is 38.4 Å². The normalized spacial score (nSPS) is 12.1. The highest BCUT2D eigenvalue weighted by Crippen LogP contribution is 2.37. The summed E-state index contributed by atoms with van der Waals surface area (Å²) >= 11 is 1.64. The molecule has 4 rings (SSSR count). The Hall–Kier alpha value is -3.43. The SMILES string of the molecule is COc1cc2c(Oc3ccc4sc(C)nc4c3)ccnc2cc1OCC[C@H](N)C(=O)O. The van der Waals surface area contributed by atoms with E-state index in [-0.39, 0.29) is 13.0 Å². The summed E-state index contributed by atoms with van der Waals surface area (Å²) in [6.07, 6.45) is 1.82. The minimum atomic E-state index is -1.07. The lowest BCUT2D eigenvalue weighted by Crippen LogP contribution is -2.31. The van der Waals surface area contributed by atoms with E-state index in [1.807, 2.05) is 25.1 Å². The molecule has 31 heavy (non-hydrogen) atoms. The van der Waals surface area contributed by atoms with E-state index < -0.39 is 12.0 Å². The molecule has 1 atom stereocenters. The van der Waals surface area contributed by atoms with E-state index in [0.29, 0.717) is 28.5 Å². The minimum absolute atomic E-state index is 0.137. The fourth-order valence-corrected chi connectivity index (χ4v) is 3.93. The molecule has 0 bridgehead atoms. The van der Waals surface area contributed by atoms with Gasteiger partial charge in [0.1, 0.15) is 17.5 Å². The van der Waals surface area contributed by atoms with Gasteiger partial charge in [-0.15, -0.1) is 11.3 Å². The van der Waals surface area contributed by atoms with Gasteiger partial charge in [0, 0.05) is 30.1 Å². The van der Waals surface area contributed by atoms with Crippen molar-refractivity contribution in [2.75, 3.05) is 13.7 Å². The van der Waals surface area contributed by atoms with Gasteiger partial charge in [-0.1, -0.05) is 0 Å². The number of aromatic nitrogens is 2. The molecule has 0 fully saturated rings. The lowest BCUT2D eigenvalue weighted by atomic mass is 10.1. The molecule has 0 aliphatic rings. The second-order valence-corrected chi connectivity index (χ2v) is 8.11. The van der Waals surface area contributed by atoms with Gasteiger partial charge in [-0.3, -0.25) is 9.78 Å². The van der Waals surface area contributed by atoms with E-state index in [0.717, 1.165) is 20.6 Å². The van der Waals surface area contributed by atoms with Gasteiger partial charge in [0.05, 0.1) is 34.5 Å². The van der Waals surface area contributed by atoms with Crippen molar-refractivity contribution in [2.24, 2.45) is 5.73 Å². The lowest BCUT2D eigenvalue weighted by molar-refractivity contribution is -0.138. The summed E-state index contributed by atoms with van der Waals surface area (Å²) in [5, 5.41) is 10.7. The number of fused-ring (bicyclic) bond motifs is 2. The van der Waals surface area contributed by atoms with Crippen LogP contribution in [-0.4, -0.2) is 40.8 Å². The third-order valence-electron chi connectivity index (χ3n) is 4.68. The molecule has 0 saturated heterocycles. The number of nitrogens with zero attached hydrogens (tertiary/aromatic N) is 2. The molecule has 2 aromatic heterocycles. The molecular weight excluding hydrogens is 418 g/mol. The largest absolute Gasteiger partial charge is 0.493 e. The van der Waals surface area contributed by atoms with Crippen molar-refractivity contribution in [3.8, 4) is 23.0 Å². The van der Waals surface area contributed by atoms with E-state index in [2.05, 4.69) is 9.97 Å². The van der Waals surface area contributed by atoms with Crippen molar-refractivity contribution < 1.29 is 24.1 Å². The van der Waals surface area contributed by atoms with Crippen molar-refractivity contribution in [3.05, 3.63) is 47.6 Å². The predicted molar refractivity (Wildman–Crippen MR) is 118 cm³/mol. The molecule has 9 heteroatoms. The quantitative estimate of drug-likeness (QED) is 0.421. The number of carboxylic acids is 1. The maximum absolute atomic E-state index is 10.9. The van der Waals surface area contributed by atoms with Gasteiger partial charge < -0.3 is 25.1 Å². The van der Waals surface area contributed by atoms with Crippen LogP contribution in [0, 0.1) is 6.92 Å². The molecule has 4 aromatic rings. The number of aliphatic carboxylic acids is 1. The number of nitrogens with two attached hydrogens (primary N) is 1. The van der Waals surface area contributed by atoms with Crippen LogP contribution in [-0.2, 0) is 4.79 Å². The first-order chi connectivity index (χ1) is 14.9. The molecule has 0 unspecified atom stereocenters. The number of thiazole rings is 1. The maximum atomic E-state index is 10.9. The zero-order valence-electron chi connectivity index (χ0n) is 17.0. The van der Waals surface area contributed by atoms with Crippen LogP contribution in [0.4, 0.5) is 0 Å². The molecule has 160 valence electrons. The number of carbonyl (C=O) groups is 1. The molecule has 0 saturated carbocycles. The third-order valence-corrected chi connectivity index (χ3v) is 5.64. The fraction of sp³-hybridized carbons (Fsp3) is 0.227. The summed E-state index contributed by atoms with van der Waals surface area (Å²) in [4.78, 5) is 19.8. The molecule has 0 amide bonds. The summed E-state index contributed by atoms with van der Waals surface area (Å²) in [6, 6.07) is 10.1. The number of ether oxygens (including phenoxy) is 3. The number of aryl methyl sites for hydroxylation is 1. The van der Waals surface area contributed by atoms with E-state index in [1.165, 1.54) is 7.11 Å². The maximum Gasteiger partial charge on any atom is 0.320 e. The van der Waals surface area contributed by atoms with E-state index in [4.69, 9.17) is 25.1 Å².